The maximum absolute atomic E-state index is 13.9. The zero-order chi connectivity index (χ0) is 29.2. The maximum atomic E-state index is 13.9. The zero-order valence-corrected chi connectivity index (χ0v) is 24.9. The monoisotopic (exact) mass is 582 g/mol. The molecule has 1 fully saturated rings. The van der Waals surface area contributed by atoms with Crippen LogP contribution < -0.4 is 15.6 Å². The van der Waals surface area contributed by atoms with Gasteiger partial charge in [0.05, 0.1) is 24.8 Å². The van der Waals surface area contributed by atoms with Gasteiger partial charge in [0.15, 0.2) is 4.96 Å². The van der Waals surface area contributed by atoms with Gasteiger partial charge in [0.2, 0.25) is 5.91 Å². The van der Waals surface area contributed by atoms with E-state index in [1.807, 2.05) is 55.6 Å². The maximum Gasteiger partial charge on any atom is 0.268 e. The molecule has 1 N–H and O–H groups in total. The summed E-state index contributed by atoms with van der Waals surface area (Å²) in [5.41, 5.74) is 4.92. The molecule has 1 aliphatic rings. The molecule has 0 aliphatic carbocycles. The van der Waals surface area contributed by atoms with Gasteiger partial charge in [-0.15, -0.1) is 11.3 Å². The number of nitrogens with one attached hydrogen (secondary N) is 1. The normalized spacial score (nSPS) is 14.4. The van der Waals surface area contributed by atoms with Gasteiger partial charge >= 0.3 is 0 Å². The lowest BCUT2D eigenvalue weighted by atomic mass is 10.0. The molecule has 0 unspecified atom stereocenters. The molecule has 3 aromatic heterocycles. The number of amides is 1. The van der Waals surface area contributed by atoms with Crippen molar-refractivity contribution >= 4 is 22.2 Å². The van der Waals surface area contributed by atoms with Crippen molar-refractivity contribution in [1.82, 2.24) is 29.4 Å². The minimum Gasteiger partial charge on any atom is -0.494 e. The van der Waals surface area contributed by atoms with Gasteiger partial charge in [0.25, 0.3) is 5.56 Å². The average Bonchev–Trinajstić information content (AvgIpc) is 3.57. The van der Waals surface area contributed by atoms with E-state index in [-0.39, 0.29) is 23.9 Å². The number of thiazole rings is 1. The van der Waals surface area contributed by atoms with Crippen molar-refractivity contribution in [3.05, 3.63) is 99.0 Å². The number of aryl methyl sites for hydroxylation is 2. The molecule has 0 spiro atoms. The number of fused-ring (bicyclic) bond motifs is 1. The standard InChI is InChI=1S/C32H34N6O3S/c1-21-17-26(35-38(21)27-11-7-8-12-28(27)41-3)30-22(2)33-32-37(31(30)40)25(20-42-32)18-29(39)34-24-13-15-36(16-14-24)19-23-9-5-4-6-10-23/h4-12,17,20,24H,13-16,18-19H2,1-3H3,(H,34,39). The SMILES string of the molecule is COc1ccccc1-n1nc(-c2c(C)nc3scc(CC(=O)NC4CCN(Cc5ccccc5)CC4)n3c2=O)cc1C. The van der Waals surface area contributed by atoms with E-state index in [0.717, 1.165) is 43.9 Å². The summed E-state index contributed by atoms with van der Waals surface area (Å²) >= 11 is 1.37. The van der Waals surface area contributed by atoms with Crippen molar-refractivity contribution in [2.45, 2.75) is 45.7 Å². The van der Waals surface area contributed by atoms with Gasteiger partial charge < -0.3 is 10.1 Å². The quantitative estimate of drug-likeness (QED) is 0.288. The number of para-hydroxylation sites is 2. The van der Waals surface area contributed by atoms with Gasteiger partial charge in [0, 0.05) is 42.4 Å². The molecule has 0 atom stereocenters. The van der Waals surface area contributed by atoms with Crippen LogP contribution >= 0.6 is 11.3 Å². The second kappa shape index (κ2) is 11.9. The molecule has 5 aromatic rings. The molecule has 0 bridgehead atoms. The summed E-state index contributed by atoms with van der Waals surface area (Å²) in [5, 5.41) is 9.83. The molecule has 216 valence electrons. The fraction of sp³-hybridized carbons (Fsp3) is 0.312. The number of ether oxygens (including phenoxy) is 1. The summed E-state index contributed by atoms with van der Waals surface area (Å²) in [6.07, 6.45) is 1.92. The number of likely N-dealkylation sites (tertiary alicyclic amines) is 1. The number of hydrogen-bond donors (Lipinski definition) is 1. The number of piperidine rings is 1. The highest BCUT2D eigenvalue weighted by Crippen LogP contribution is 2.27. The summed E-state index contributed by atoms with van der Waals surface area (Å²) in [4.78, 5) is 34.7. The predicted octanol–water partition coefficient (Wildman–Crippen LogP) is 4.56. The van der Waals surface area contributed by atoms with Gasteiger partial charge in [-0.05, 0) is 50.5 Å². The van der Waals surface area contributed by atoms with E-state index in [1.165, 1.54) is 16.9 Å². The summed E-state index contributed by atoms with van der Waals surface area (Å²) < 4.78 is 8.86. The Morgan fingerprint density at radius 3 is 2.57 bits per heavy atom. The number of hydrogen-bond acceptors (Lipinski definition) is 7. The highest BCUT2D eigenvalue weighted by atomic mass is 32.1. The largest absolute Gasteiger partial charge is 0.494 e. The Bertz CT molecular complexity index is 1780. The molecule has 6 rings (SSSR count). The van der Waals surface area contributed by atoms with Crippen molar-refractivity contribution in [2.75, 3.05) is 20.2 Å². The Hall–Kier alpha value is -4.28. The molecule has 1 amide bonds. The van der Waals surface area contributed by atoms with E-state index in [0.29, 0.717) is 33.4 Å². The Balaban J connectivity index is 1.19. The van der Waals surface area contributed by atoms with E-state index < -0.39 is 0 Å². The molecule has 1 saturated heterocycles. The smallest absolute Gasteiger partial charge is 0.268 e. The number of aromatic nitrogens is 4. The fourth-order valence-electron chi connectivity index (χ4n) is 5.69. The van der Waals surface area contributed by atoms with Crippen molar-refractivity contribution in [2.24, 2.45) is 0 Å². The van der Waals surface area contributed by atoms with Crippen LogP contribution in [0.2, 0.25) is 0 Å². The van der Waals surface area contributed by atoms with Gasteiger partial charge in [-0.2, -0.15) is 5.10 Å². The predicted molar refractivity (Wildman–Crippen MR) is 165 cm³/mol. The lowest BCUT2D eigenvalue weighted by Crippen LogP contribution is -2.44. The number of nitrogens with zero attached hydrogens (tertiary/aromatic N) is 5. The number of rotatable bonds is 8. The molecule has 4 heterocycles. The van der Waals surface area contributed by atoms with Gasteiger partial charge in [-0.25, -0.2) is 9.67 Å². The highest BCUT2D eigenvalue weighted by molar-refractivity contribution is 7.15. The van der Waals surface area contributed by atoms with E-state index in [4.69, 9.17) is 14.8 Å². The second-order valence-corrected chi connectivity index (χ2v) is 11.6. The molecule has 9 nitrogen and oxygen atoms in total. The molecule has 42 heavy (non-hydrogen) atoms. The lowest BCUT2D eigenvalue weighted by molar-refractivity contribution is -0.121. The van der Waals surface area contributed by atoms with Gasteiger partial charge in [0.1, 0.15) is 17.1 Å². The third-order valence-electron chi connectivity index (χ3n) is 7.82. The van der Waals surface area contributed by atoms with Crippen molar-refractivity contribution in [1.29, 1.82) is 0 Å². The van der Waals surface area contributed by atoms with Crippen LogP contribution in [-0.4, -0.2) is 56.2 Å². The Labute approximate surface area is 248 Å². The van der Waals surface area contributed by atoms with Gasteiger partial charge in [-0.3, -0.25) is 18.9 Å². The fourth-order valence-corrected chi connectivity index (χ4v) is 6.62. The van der Waals surface area contributed by atoms with Crippen LogP contribution in [0, 0.1) is 13.8 Å². The van der Waals surface area contributed by atoms with Crippen molar-refractivity contribution < 1.29 is 9.53 Å². The lowest BCUT2D eigenvalue weighted by Gasteiger charge is -2.32. The Kier molecular flexibility index (Phi) is 7.90. The number of carbonyl (C=O) groups is 1. The topological polar surface area (TPSA) is 93.8 Å². The third kappa shape index (κ3) is 5.60. The Morgan fingerprint density at radius 1 is 1.07 bits per heavy atom. The molecule has 2 aromatic carbocycles. The summed E-state index contributed by atoms with van der Waals surface area (Å²) in [7, 11) is 1.62. The van der Waals surface area contributed by atoms with Gasteiger partial charge in [-0.1, -0.05) is 42.5 Å². The number of methoxy groups -OCH3 is 1. The van der Waals surface area contributed by atoms with Crippen molar-refractivity contribution in [3.8, 4) is 22.7 Å². The van der Waals surface area contributed by atoms with Crippen LogP contribution in [0.5, 0.6) is 5.75 Å². The third-order valence-corrected chi connectivity index (χ3v) is 8.70. The summed E-state index contributed by atoms with van der Waals surface area (Å²) in [6.45, 7) is 6.57. The van der Waals surface area contributed by atoms with E-state index in [2.05, 4.69) is 34.5 Å². The Morgan fingerprint density at radius 2 is 1.81 bits per heavy atom. The zero-order valence-electron chi connectivity index (χ0n) is 24.0. The summed E-state index contributed by atoms with van der Waals surface area (Å²) in [6, 6.07) is 20.1. The van der Waals surface area contributed by atoms with Crippen LogP contribution in [0.15, 0.2) is 70.8 Å². The molecule has 10 heteroatoms. The number of benzene rings is 2. The van der Waals surface area contributed by atoms with Crippen LogP contribution in [-0.2, 0) is 17.8 Å². The number of carbonyl (C=O) groups excluding carboxylic acids is 1. The second-order valence-electron chi connectivity index (χ2n) is 10.8. The average molecular weight is 583 g/mol. The van der Waals surface area contributed by atoms with Crippen LogP contribution in [0.3, 0.4) is 0 Å². The van der Waals surface area contributed by atoms with E-state index >= 15 is 0 Å². The molecule has 0 radical (unpaired) electrons. The molecule has 0 saturated carbocycles. The van der Waals surface area contributed by atoms with E-state index in [1.54, 1.807) is 16.2 Å². The first-order chi connectivity index (χ1) is 20.4. The molecular weight excluding hydrogens is 548 g/mol. The van der Waals surface area contributed by atoms with Crippen LogP contribution in [0.25, 0.3) is 21.9 Å². The molecule has 1 aliphatic heterocycles. The minimum absolute atomic E-state index is 0.0819. The van der Waals surface area contributed by atoms with Crippen LogP contribution in [0.1, 0.15) is 35.5 Å². The van der Waals surface area contributed by atoms with Crippen LogP contribution in [0.4, 0.5) is 0 Å². The minimum atomic E-state index is -0.222. The summed E-state index contributed by atoms with van der Waals surface area (Å²) in [5.74, 6) is 0.604. The first kappa shape index (κ1) is 27.9. The van der Waals surface area contributed by atoms with Crippen molar-refractivity contribution in [3.63, 3.8) is 0 Å². The first-order valence-corrected chi connectivity index (χ1v) is 15.0. The van der Waals surface area contributed by atoms with E-state index in [9.17, 15) is 9.59 Å². The molecular formula is C32H34N6O3S. The first-order valence-electron chi connectivity index (χ1n) is 14.2. The highest BCUT2D eigenvalue weighted by Gasteiger charge is 2.23.